The van der Waals surface area contributed by atoms with Gasteiger partial charge in [0.05, 0.1) is 0 Å². The molecule has 1 rings (SSSR count). The minimum absolute atomic E-state index is 0.759. The molecule has 2 atom stereocenters. The Kier molecular flexibility index (Phi) is 11.6. The second-order valence-electron chi connectivity index (χ2n) is 6.52. The van der Waals surface area contributed by atoms with Gasteiger partial charge in [0.1, 0.15) is 0 Å². The Morgan fingerprint density at radius 1 is 0.864 bits per heavy atom. The molecule has 0 saturated carbocycles. The maximum absolute atomic E-state index is 2.39. The summed E-state index contributed by atoms with van der Waals surface area (Å²) in [7, 11) is 0. The van der Waals surface area contributed by atoms with E-state index in [0.717, 1.165) is 11.8 Å². The Bertz CT molecular complexity index is 346. The molecule has 0 aliphatic rings. The van der Waals surface area contributed by atoms with Gasteiger partial charge in [-0.3, -0.25) is 0 Å². The van der Waals surface area contributed by atoms with E-state index in [-0.39, 0.29) is 0 Å². The van der Waals surface area contributed by atoms with E-state index >= 15 is 0 Å². The zero-order chi connectivity index (χ0) is 16.0. The van der Waals surface area contributed by atoms with Gasteiger partial charge >= 0.3 is 0 Å². The van der Waals surface area contributed by atoms with Crippen LogP contribution in [-0.2, 0) is 0 Å². The summed E-state index contributed by atoms with van der Waals surface area (Å²) < 4.78 is 0. The normalized spacial score (nSPS) is 14.0. The first-order valence-electron chi connectivity index (χ1n) is 9.37. The lowest BCUT2D eigenvalue weighted by Crippen LogP contribution is -2.14. The van der Waals surface area contributed by atoms with Gasteiger partial charge in [-0.1, -0.05) is 89.1 Å². The highest BCUT2D eigenvalue weighted by Gasteiger charge is 2.20. The van der Waals surface area contributed by atoms with Crippen LogP contribution in [0.2, 0.25) is 0 Å². The number of benzene rings is 1. The maximum atomic E-state index is 2.39. The van der Waals surface area contributed by atoms with E-state index in [1.54, 1.807) is 5.56 Å². The summed E-state index contributed by atoms with van der Waals surface area (Å²) in [6.45, 7) is 4.68. The van der Waals surface area contributed by atoms with Crippen molar-refractivity contribution in [3.63, 3.8) is 0 Å². The lowest BCUT2D eigenvalue weighted by atomic mass is 9.79. The van der Waals surface area contributed by atoms with Crippen LogP contribution in [0.3, 0.4) is 0 Å². The molecule has 0 spiro atoms. The van der Waals surface area contributed by atoms with Crippen molar-refractivity contribution >= 4 is 11.8 Å². The molecule has 0 bridgehead atoms. The summed E-state index contributed by atoms with van der Waals surface area (Å²) in [6.07, 6.45) is 14.8. The Balaban J connectivity index is 2.50. The van der Waals surface area contributed by atoms with Crippen molar-refractivity contribution < 1.29 is 0 Å². The Morgan fingerprint density at radius 3 is 2.18 bits per heavy atom. The van der Waals surface area contributed by atoms with E-state index in [9.17, 15) is 0 Å². The molecule has 0 saturated heterocycles. The van der Waals surface area contributed by atoms with Crippen molar-refractivity contribution in [1.82, 2.24) is 0 Å². The Labute approximate surface area is 143 Å². The van der Waals surface area contributed by atoms with Crippen LogP contribution in [0.25, 0.3) is 0 Å². The number of rotatable bonds is 13. The van der Waals surface area contributed by atoms with Crippen LogP contribution < -0.4 is 0 Å². The SMILES string of the molecule is CCCCCCCCC(CC)C(CCSC)c1ccccc1. The number of hydrogen-bond donors (Lipinski definition) is 0. The zero-order valence-electron chi connectivity index (χ0n) is 15.0. The highest BCUT2D eigenvalue weighted by molar-refractivity contribution is 7.98. The molecule has 0 aliphatic carbocycles. The highest BCUT2D eigenvalue weighted by atomic mass is 32.2. The van der Waals surface area contributed by atoms with Crippen molar-refractivity contribution in [2.75, 3.05) is 12.0 Å². The van der Waals surface area contributed by atoms with Crippen LogP contribution in [-0.4, -0.2) is 12.0 Å². The molecule has 0 fully saturated rings. The molecule has 1 heteroatoms. The first-order valence-corrected chi connectivity index (χ1v) is 10.8. The van der Waals surface area contributed by atoms with Gasteiger partial charge in [-0.2, -0.15) is 11.8 Å². The zero-order valence-corrected chi connectivity index (χ0v) is 15.8. The first kappa shape index (κ1) is 19.6. The fourth-order valence-corrected chi connectivity index (χ4v) is 3.99. The number of hydrogen-bond acceptors (Lipinski definition) is 1. The van der Waals surface area contributed by atoms with Crippen LogP contribution in [0.15, 0.2) is 30.3 Å². The van der Waals surface area contributed by atoms with Gasteiger partial charge in [0.2, 0.25) is 0 Å². The average molecular weight is 321 g/mol. The highest BCUT2D eigenvalue weighted by Crippen LogP contribution is 2.34. The molecule has 0 heterocycles. The molecule has 0 aliphatic heterocycles. The molecule has 0 aromatic heterocycles. The predicted molar refractivity (Wildman–Crippen MR) is 104 cm³/mol. The summed E-state index contributed by atoms with van der Waals surface area (Å²) in [5.41, 5.74) is 1.56. The van der Waals surface area contributed by atoms with E-state index in [0.29, 0.717) is 0 Å². The van der Waals surface area contributed by atoms with E-state index in [2.05, 4.69) is 50.4 Å². The van der Waals surface area contributed by atoms with Gasteiger partial charge < -0.3 is 0 Å². The minimum Gasteiger partial charge on any atom is -0.165 e. The van der Waals surface area contributed by atoms with E-state index in [4.69, 9.17) is 0 Å². The fraction of sp³-hybridized carbons (Fsp3) is 0.714. The van der Waals surface area contributed by atoms with Crippen molar-refractivity contribution in [1.29, 1.82) is 0 Å². The molecule has 0 nitrogen and oxygen atoms in total. The molecule has 1 aromatic rings. The standard InChI is InChI=1S/C21H36S/c1-4-6-7-8-9-11-14-19(5-2)21(17-18-22-3)20-15-12-10-13-16-20/h10,12-13,15-16,19,21H,4-9,11,14,17-18H2,1-3H3. The molecular weight excluding hydrogens is 284 g/mol. The Morgan fingerprint density at radius 2 is 1.55 bits per heavy atom. The largest absolute Gasteiger partial charge is 0.165 e. The molecule has 1 aromatic carbocycles. The van der Waals surface area contributed by atoms with Gasteiger partial charge in [0.15, 0.2) is 0 Å². The van der Waals surface area contributed by atoms with Crippen molar-refractivity contribution in [2.45, 2.75) is 77.6 Å². The Hall–Kier alpha value is -0.430. The minimum atomic E-state index is 0.759. The second kappa shape index (κ2) is 13.0. The smallest absolute Gasteiger partial charge is 0.00644 e. The van der Waals surface area contributed by atoms with E-state index in [1.807, 2.05) is 11.8 Å². The third-order valence-corrected chi connectivity index (χ3v) is 5.53. The number of unbranched alkanes of at least 4 members (excludes halogenated alkanes) is 5. The molecule has 22 heavy (non-hydrogen) atoms. The van der Waals surface area contributed by atoms with Crippen LogP contribution in [0.1, 0.15) is 83.1 Å². The van der Waals surface area contributed by atoms with Crippen molar-refractivity contribution in [3.05, 3.63) is 35.9 Å². The van der Waals surface area contributed by atoms with Gasteiger partial charge in [0, 0.05) is 0 Å². The number of thioether (sulfide) groups is 1. The third kappa shape index (κ3) is 7.72. The molecular formula is C21H36S. The summed E-state index contributed by atoms with van der Waals surface area (Å²) in [4.78, 5) is 0. The lowest BCUT2D eigenvalue weighted by Gasteiger charge is -2.27. The lowest BCUT2D eigenvalue weighted by molar-refractivity contribution is 0.360. The van der Waals surface area contributed by atoms with Gasteiger partial charge in [-0.25, -0.2) is 0 Å². The summed E-state index contributed by atoms with van der Waals surface area (Å²) in [5, 5.41) is 0. The maximum Gasteiger partial charge on any atom is -0.00644 e. The van der Waals surface area contributed by atoms with Crippen molar-refractivity contribution in [3.8, 4) is 0 Å². The molecule has 0 amide bonds. The summed E-state index contributed by atoms with van der Waals surface area (Å²) >= 11 is 1.99. The van der Waals surface area contributed by atoms with Crippen LogP contribution >= 0.6 is 11.8 Å². The summed E-state index contributed by atoms with van der Waals surface area (Å²) in [6, 6.07) is 11.2. The monoisotopic (exact) mass is 320 g/mol. The predicted octanol–water partition coefficient (Wildman–Crippen LogP) is 7.30. The summed E-state index contributed by atoms with van der Waals surface area (Å²) in [5.74, 6) is 2.90. The van der Waals surface area contributed by atoms with Crippen LogP contribution in [0.5, 0.6) is 0 Å². The quantitative estimate of drug-likeness (QED) is 0.344. The van der Waals surface area contributed by atoms with E-state index < -0.39 is 0 Å². The van der Waals surface area contributed by atoms with Crippen LogP contribution in [0, 0.1) is 5.92 Å². The average Bonchev–Trinajstić information content (AvgIpc) is 2.57. The van der Waals surface area contributed by atoms with E-state index in [1.165, 1.54) is 63.5 Å². The third-order valence-electron chi connectivity index (χ3n) is 4.88. The fourth-order valence-electron chi connectivity index (χ4n) is 3.50. The second-order valence-corrected chi connectivity index (χ2v) is 7.51. The first-order chi connectivity index (χ1) is 10.8. The van der Waals surface area contributed by atoms with Crippen LogP contribution in [0.4, 0.5) is 0 Å². The molecule has 2 unspecified atom stereocenters. The molecule has 126 valence electrons. The van der Waals surface area contributed by atoms with Crippen molar-refractivity contribution in [2.24, 2.45) is 5.92 Å². The topological polar surface area (TPSA) is 0 Å². The molecule has 0 N–H and O–H groups in total. The van der Waals surface area contributed by atoms with Gasteiger partial charge in [0.25, 0.3) is 0 Å². The molecule has 0 radical (unpaired) electrons. The van der Waals surface area contributed by atoms with Gasteiger partial charge in [-0.15, -0.1) is 0 Å². The van der Waals surface area contributed by atoms with Gasteiger partial charge in [-0.05, 0) is 42.2 Å².